The molecular formula is C57H68ClF3N8O6S. The van der Waals surface area contributed by atoms with Crippen LogP contribution in [0.3, 0.4) is 0 Å². The van der Waals surface area contributed by atoms with Crippen LogP contribution < -0.4 is 20.3 Å². The van der Waals surface area contributed by atoms with E-state index in [2.05, 4.69) is 65.0 Å². The number of nitrogens with zero attached hydrogens (tertiary/aromatic N) is 6. The van der Waals surface area contributed by atoms with Crippen molar-refractivity contribution in [3.63, 3.8) is 0 Å². The number of fused-ring (bicyclic) bond motifs is 1. The first-order valence-electron chi connectivity index (χ1n) is 26.6. The van der Waals surface area contributed by atoms with Crippen molar-refractivity contribution in [2.24, 2.45) is 17.8 Å². The second-order valence-corrected chi connectivity index (χ2v) is 22.6. The van der Waals surface area contributed by atoms with Crippen LogP contribution in [-0.2, 0) is 27.0 Å². The van der Waals surface area contributed by atoms with Crippen LogP contribution in [0.15, 0.2) is 60.0 Å². The third-order valence-electron chi connectivity index (χ3n) is 15.7. The molecule has 5 amide bonds. The molecule has 14 nitrogen and oxygen atoms in total. The Bertz CT molecular complexity index is 2930. The number of likely N-dealkylation sites (tertiary alicyclic amines) is 2. The molecule has 1 saturated carbocycles. The summed E-state index contributed by atoms with van der Waals surface area (Å²) in [6, 6.07) is 14.6. The first kappa shape index (κ1) is 55.0. The molecule has 0 unspecified atom stereocenters. The van der Waals surface area contributed by atoms with E-state index in [0.29, 0.717) is 50.9 Å². The third-order valence-corrected chi connectivity index (χ3v) is 17.1. The van der Waals surface area contributed by atoms with Crippen LogP contribution in [0.2, 0.25) is 5.02 Å². The number of imide groups is 1. The zero-order chi connectivity index (χ0) is 53.8. The molecule has 0 bridgehead atoms. The number of aromatic nitrogens is 2. The highest BCUT2D eigenvalue weighted by Crippen LogP contribution is 2.44. The molecule has 3 aliphatic heterocycles. The molecule has 9 rings (SSSR count). The molecule has 2 aromatic heterocycles. The maximum atomic E-state index is 13.9. The van der Waals surface area contributed by atoms with Gasteiger partial charge in [0.25, 0.3) is 5.91 Å². The summed E-state index contributed by atoms with van der Waals surface area (Å²) >= 11 is 8.49. The van der Waals surface area contributed by atoms with Crippen molar-refractivity contribution in [1.29, 1.82) is 0 Å². The predicted octanol–water partition coefficient (Wildman–Crippen LogP) is 11.5. The maximum absolute atomic E-state index is 13.9. The Labute approximate surface area is 451 Å². The number of ether oxygens (including phenoxy) is 2. The lowest BCUT2D eigenvalue weighted by Gasteiger charge is -2.36. The van der Waals surface area contributed by atoms with Gasteiger partial charge in [0.05, 0.1) is 29.9 Å². The minimum Gasteiger partial charge on any atom is -0.496 e. The quantitative estimate of drug-likeness (QED) is 0.0915. The number of hydrogen-bond acceptors (Lipinski definition) is 11. The Morgan fingerprint density at radius 2 is 1.64 bits per heavy atom. The minimum absolute atomic E-state index is 0.00276. The number of amides is 5. The van der Waals surface area contributed by atoms with Crippen molar-refractivity contribution in [3.8, 4) is 16.9 Å². The smallest absolute Gasteiger partial charge is 0.418 e. The zero-order valence-corrected chi connectivity index (χ0v) is 45.5. The number of thiophene rings is 1. The van der Waals surface area contributed by atoms with Crippen LogP contribution >= 0.6 is 22.9 Å². The molecule has 3 aromatic carbocycles. The van der Waals surface area contributed by atoms with Crippen molar-refractivity contribution in [2.45, 2.75) is 103 Å². The number of anilines is 2. The van der Waals surface area contributed by atoms with E-state index >= 15 is 0 Å². The standard InChI is InChI=1S/C57H68ClF3N8O6S/c1-34(50-28-42(33-76-50)52-41(31-66(3)4)7-6-8-46(52)58)62-53-44-29-43(49(74-5)30-47(44)63-35(2)64-53)38-9-11-39(12-10-38)54(71)67-21-15-36(16-22-67)20-26-75-32-37-17-23-68(24-18-37)55(72)40-13-14-45(57(59,60)61)48(27-40)69-25-19-51(70)65-56(69)73/h6-8,13-14,27-30,33-34,36-39H,9-12,15-26,31-32H2,1-5H3,(H,62,63,64)(H,65,70,73)/t34-,38?,39?/m1/s1. The van der Waals surface area contributed by atoms with E-state index in [0.717, 1.165) is 132 Å². The molecule has 5 heterocycles. The summed E-state index contributed by atoms with van der Waals surface area (Å²) in [6.07, 6.45) is 2.68. The Balaban J connectivity index is 0.721. The average molecular weight is 1090 g/mol. The number of alkyl halides is 3. The van der Waals surface area contributed by atoms with Gasteiger partial charge in [0.15, 0.2) is 0 Å². The van der Waals surface area contributed by atoms with E-state index in [1.807, 2.05) is 25.1 Å². The van der Waals surface area contributed by atoms with Gasteiger partial charge in [0, 0.05) is 97.3 Å². The van der Waals surface area contributed by atoms with Crippen LogP contribution in [0, 0.1) is 24.7 Å². The summed E-state index contributed by atoms with van der Waals surface area (Å²) in [4.78, 5) is 69.2. The number of methoxy groups -OCH3 is 1. The number of benzene rings is 3. The second-order valence-electron chi connectivity index (χ2n) is 21.2. The van der Waals surface area contributed by atoms with E-state index in [-0.39, 0.29) is 48.2 Å². The van der Waals surface area contributed by atoms with Crippen molar-refractivity contribution < 1.29 is 41.8 Å². The highest BCUT2D eigenvalue weighted by atomic mass is 35.5. The van der Waals surface area contributed by atoms with Crippen molar-refractivity contribution in [1.82, 2.24) is 30.0 Å². The molecule has 5 aromatic rings. The molecular weight excluding hydrogens is 1020 g/mol. The molecule has 0 spiro atoms. The van der Waals surface area contributed by atoms with Crippen LogP contribution in [0.4, 0.5) is 29.5 Å². The van der Waals surface area contributed by atoms with Gasteiger partial charge in [-0.25, -0.2) is 14.8 Å². The number of rotatable bonds is 16. The van der Waals surface area contributed by atoms with Crippen molar-refractivity contribution in [2.75, 3.05) is 77.4 Å². The Morgan fingerprint density at radius 1 is 0.921 bits per heavy atom. The number of carbonyl (C=O) groups is 4. The van der Waals surface area contributed by atoms with E-state index < -0.39 is 35.3 Å². The number of hydrogen-bond donors (Lipinski definition) is 2. The fraction of sp³-hybridized carbons (Fsp3) is 0.509. The van der Waals surface area contributed by atoms with Crippen LogP contribution in [0.25, 0.3) is 22.0 Å². The van der Waals surface area contributed by atoms with Crippen molar-refractivity contribution >= 4 is 69.1 Å². The molecule has 19 heteroatoms. The van der Waals surface area contributed by atoms with Gasteiger partial charge in [-0.1, -0.05) is 23.7 Å². The Kier molecular flexibility index (Phi) is 17.2. The average Bonchev–Trinajstić information content (AvgIpc) is 3.90. The van der Waals surface area contributed by atoms with Crippen LogP contribution in [-0.4, -0.2) is 116 Å². The summed E-state index contributed by atoms with van der Waals surface area (Å²) in [6.45, 7) is 8.17. The zero-order valence-electron chi connectivity index (χ0n) is 43.9. The van der Waals surface area contributed by atoms with E-state index in [1.54, 1.807) is 23.3 Å². The number of urea groups is 1. The summed E-state index contributed by atoms with van der Waals surface area (Å²) < 4.78 is 54.0. The van der Waals surface area contributed by atoms with E-state index in [4.69, 9.17) is 31.0 Å². The Morgan fingerprint density at radius 3 is 2.34 bits per heavy atom. The Hall–Kier alpha value is -5.82. The van der Waals surface area contributed by atoms with Crippen LogP contribution in [0.5, 0.6) is 5.75 Å². The normalized spacial score (nSPS) is 19.6. The lowest BCUT2D eigenvalue weighted by Crippen LogP contribution is -2.50. The summed E-state index contributed by atoms with van der Waals surface area (Å²) in [5.41, 5.74) is 3.84. The van der Waals surface area contributed by atoms with Gasteiger partial charge in [-0.05, 0) is 162 Å². The van der Waals surface area contributed by atoms with E-state index in [1.165, 1.54) is 10.4 Å². The topological polar surface area (TPSA) is 150 Å². The van der Waals surface area contributed by atoms with Gasteiger partial charge >= 0.3 is 12.2 Å². The van der Waals surface area contributed by atoms with Gasteiger partial charge in [0.1, 0.15) is 17.4 Å². The van der Waals surface area contributed by atoms with Gasteiger partial charge < -0.3 is 29.5 Å². The maximum Gasteiger partial charge on any atom is 0.418 e. The highest BCUT2D eigenvalue weighted by molar-refractivity contribution is 7.10. The number of halogens is 4. The summed E-state index contributed by atoms with van der Waals surface area (Å²) in [5.74, 6) is 2.49. The summed E-state index contributed by atoms with van der Waals surface area (Å²) in [7, 11) is 5.83. The minimum atomic E-state index is -4.76. The second kappa shape index (κ2) is 23.8. The molecule has 1 aliphatic carbocycles. The number of carbonyl (C=O) groups excluding carboxylic acids is 4. The monoisotopic (exact) mass is 1080 g/mol. The predicted molar refractivity (Wildman–Crippen MR) is 290 cm³/mol. The molecule has 1 atom stereocenters. The number of piperidine rings is 2. The molecule has 76 heavy (non-hydrogen) atoms. The first-order chi connectivity index (χ1) is 36.4. The first-order valence-corrected chi connectivity index (χ1v) is 27.8. The largest absolute Gasteiger partial charge is 0.496 e. The molecule has 406 valence electrons. The number of aryl methyl sites for hydroxylation is 1. The number of nitrogens with one attached hydrogen (secondary N) is 2. The van der Waals surface area contributed by atoms with Gasteiger partial charge in [0.2, 0.25) is 11.8 Å². The third kappa shape index (κ3) is 12.6. The van der Waals surface area contributed by atoms with Crippen LogP contribution in [0.1, 0.15) is 121 Å². The molecule has 2 N–H and O–H groups in total. The van der Waals surface area contributed by atoms with Gasteiger partial charge in [-0.3, -0.25) is 24.6 Å². The fourth-order valence-corrected chi connectivity index (χ4v) is 12.7. The lowest BCUT2D eigenvalue weighted by atomic mass is 9.77. The molecule has 4 fully saturated rings. The van der Waals surface area contributed by atoms with Gasteiger partial charge in [-0.15, -0.1) is 11.3 Å². The van der Waals surface area contributed by atoms with E-state index in [9.17, 15) is 32.3 Å². The molecule has 0 radical (unpaired) electrons. The molecule has 3 saturated heterocycles. The van der Waals surface area contributed by atoms with Crippen molar-refractivity contribution in [3.05, 3.63) is 98.0 Å². The molecule has 4 aliphatic rings. The SMILES string of the molecule is COc1cc2nc(C)nc(N[C@H](C)c3cc(-c4c(Cl)cccc4CN(C)C)cs3)c2cc1C1CCC(C(=O)N2CCC(CCOCC3CCN(C(=O)c4ccc(C(F)(F)F)c(N5CCC(=O)NC5=O)c4)CC3)CC2)CC1. The summed E-state index contributed by atoms with van der Waals surface area (Å²) in [5, 5.41) is 9.63. The lowest BCUT2D eigenvalue weighted by molar-refractivity contribution is -0.138. The fourth-order valence-electron chi connectivity index (χ4n) is 11.5. The van der Waals surface area contributed by atoms with Gasteiger partial charge in [-0.2, -0.15) is 13.2 Å². The highest BCUT2D eigenvalue weighted by Gasteiger charge is 2.39.